The molecule has 1 aliphatic heterocycles. The molecule has 5 heteroatoms. The van der Waals surface area contributed by atoms with E-state index in [-0.39, 0.29) is 5.60 Å². The quantitative estimate of drug-likeness (QED) is 0.822. The van der Waals surface area contributed by atoms with E-state index in [9.17, 15) is 0 Å². The number of rotatable bonds is 4. The summed E-state index contributed by atoms with van der Waals surface area (Å²) in [6, 6.07) is 6.98. The smallest absolute Gasteiger partial charge is 0.150 e. The van der Waals surface area contributed by atoms with Crippen molar-refractivity contribution in [1.29, 1.82) is 0 Å². The molecule has 0 amide bonds. The summed E-state index contributed by atoms with van der Waals surface area (Å²) >= 11 is 3.47. The fourth-order valence-electron chi connectivity index (χ4n) is 2.82. The lowest BCUT2D eigenvalue weighted by Crippen LogP contribution is -2.41. The number of nitrogens with one attached hydrogen (secondary N) is 1. The number of hydrogen-bond donors (Lipinski definition) is 1. The van der Waals surface area contributed by atoms with Crippen LogP contribution in [0.5, 0.6) is 0 Å². The van der Waals surface area contributed by atoms with Crippen molar-refractivity contribution in [2.24, 2.45) is 0 Å². The lowest BCUT2D eigenvalue weighted by Gasteiger charge is -2.38. The second kappa shape index (κ2) is 6.15. The van der Waals surface area contributed by atoms with Crippen LogP contribution in [0, 0.1) is 0 Å². The van der Waals surface area contributed by atoms with Crippen molar-refractivity contribution in [3.05, 3.63) is 18.2 Å². The zero-order chi connectivity index (χ0) is 14.9. The molecular formula is C16H22N2OS2. The average Bonchev–Trinajstić information content (AvgIpc) is 2.90. The number of ether oxygens (including phenoxy) is 1. The van der Waals surface area contributed by atoms with E-state index in [4.69, 9.17) is 4.74 Å². The third-order valence-corrected chi connectivity index (χ3v) is 6.26. The zero-order valence-electron chi connectivity index (χ0n) is 12.8. The van der Waals surface area contributed by atoms with Crippen LogP contribution in [-0.4, -0.2) is 29.5 Å². The number of nitrogens with zero attached hydrogens (tertiary/aromatic N) is 1. The van der Waals surface area contributed by atoms with Gasteiger partial charge in [0.15, 0.2) is 4.34 Å². The lowest BCUT2D eigenvalue weighted by molar-refractivity contribution is -0.0708. The van der Waals surface area contributed by atoms with Gasteiger partial charge in [-0.1, -0.05) is 18.7 Å². The van der Waals surface area contributed by atoms with E-state index in [2.05, 4.69) is 48.6 Å². The number of anilines is 1. The maximum Gasteiger partial charge on any atom is 0.150 e. The highest BCUT2D eigenvalue weighted by molar-refractivity contribution is 8.00. The van der Waals surface area contributed by atoms with Gasteiger partial charge in [0.2, 0.25) is 0 Å². The maximum atomic E-state index is 5.92. The lowest BCUT2D eigenvalue weighted by atomic mass is 9.90. The second-order valence-corrected chi connectivity index (χ2v) is 7.94. The monoisotopic (exact) mass is 322 g/mol. The number of hydrogen-bond acceptors (Lipinski definition) is 5. The van der Waals surface area contributed by atoms with E-state index in [1.807, 2.05) is 0 Å². The molecule has 3 rings (SSSR count). The van der Waals surface area contributed by atoms with Gasteiger partial charge in [0.05, 0.1) is 15.8 Å². The number of thiazole rings is 1. The Bertz CT molecular complexity index is 628. The average molecular weight is 322 g/mol. The zero-order valence-corrected chi connectivity index (χ0v) is 14.4. The minimum Gasteiger partial charge on any atom is -0.382 e. The molecule has 1 aromatic carbocycles. The van der Waals surface area contributed by atoms with Crippen LogP contribution in [-0.2, 0) is 4.74 Å². The number of thioether (sulfide) groups is 1. The van der Waals surface area contributed by atoms with E-state index in [1.165, 1.54) is 10.4 Å². The summed E-state index contributed by atoms with van der Waals surface area (Å²) in [7, 11) is 0. The van der Waals surface area contributed by atoms with E-state index in [0.717, 1.165) is 35.7 Å². The fourth-order valence-corrected chi connectivity index (χ4v) is 4.34. The minimum atomic E-state index is 0.0243. The normalized spacial score (nSPS) is 26.1. The first-order chi connectivity index (χ1) is 10.1. The van der Waals surface area contributed by atoms with Crippen molar-refractivity contribution in [2.45, 2.75) is 49.1 Å². The highest BCUT2D eigenvalue weighted by Crippen LogP contribution is 2.32. The molecule has 2 atom stereocenters. The van der Waals surface area contributed by atoms with Crippen LogP contribution in [0.4, 0.5) is 5.69 Å². The van der Waals surface area contributed by atoms with Gasteiger partial charge < -0.3 is 10.1 Å². The molecule has 2 aromatic rings. The van der Waals surface area contributed by atoms with Gasteiger partial charge in [-0.15, -0.1) is 11.3 Å². The van der Waals surface area contributed by atoms with Crippen molar-refractivity contribution >= 4 is 39.0 Å². The second-order valence-electron chi connectivity index (χ2n) is 5.85. The van der Waals surface area contributed by atoms with Crippen LogP contribution in [0.3, 0.4) is 0 Å². The third kappa shape index (κ3) is 3.35. The van der Waals surface area contributed by atoms with Gasteiger partial charge in [-0.05, 0) is 50.6 Å². The van der Waals surface area contributed by atoms with E-state index < -0.39 is 0 Å². The van der Waals surface area contributed by atoms with Gasteiger partial charge in [0.25, 0.3) is 0 Å². The first-order valence-electron chi connectivity index (χ1n) is 7.47. The molecule has 0 spiro atoms. The summed E-state index contributed by atoms with van der Waals surface area (Å²) in [5.74, 6) is 0. The van der Waals surface area contributed by atoms with Gasteiger partial charge in [0, 0.05) is 18.3 Å². The number of benzene rings is 1. The molecule has 0 bridgehead atoms. The largest absolute Gasteiger partial charge is 0.382 e. The Morgan fingerprint density at radius 3 is 3.14 bits per heavy atom. The molecule has 1 N–H and O–H groups in total. The molecule has 3 nitrogen and oxygen atoms in total. The van der Waals surface area contributed by atoms with E-state index in [1.54, 1.807) is 23.1 Å². The van der Waals surface area contributed by atoms with Gasteiger partial charge in [-0.3, -0.25) is 0 Å². The summed E-state index contributed by atoms with van der Waals surface area (Å²) in [5, 5.41) is 3.68. The summed E-state index contributed by atoms with van der Waals surface area (Å²) in [6.45, 7) is 5.27. The molecule has 0 aliphatic carbocycles. The number of aromatic nitrogens is 1. The van der Waals surface area contributed by atoms with Crippen molar-refractivity contribution in [3.63, 3.8) is 0 Å². The molecule has 1 aliphatic rings. The molecule has 2 heterocycles. The first kappa shape index (κ1) is 15.1. The Morgan fingerprint density at radius 1 is 1.52 bits per heavy atom. The summed E-state index contributed by atoms with van der Waals surface area (Å²) in [6.07, 6.45) is 5.29. The molecule has 114 valence electrons. The van der Waals surface area contributed by atoms with E-state index >= 15 is 0 Å². The summed E-state index contributed by atoms with van der Waals surface area (Å²) < 4.78 is 8.31. The highest BCUT2D eigenvalue weighted by Gasteiger charge is 2.31. The third-order valence-electron chi connectivity index (χ3n) is 4.26. The summed E-state index contributed by atoms with van der Waals surface area (Å²) in [4.78, 5) is 4.59. The van der Waals surface area contributed by atoms with Crippen LogP contribution in [0.1, 0.15) is 33.1 Å². The van der Waals surface area contributed by atoms with E-state index in [0.29, 0.717) is 6.04 Å². The molecule has 2 unspecified atom stereocenters. The first-order valence-corrected chi connectivity index (χ1v) is 9.51. The fraction of sp³-hybridized carbons (Fsp3) is 0.562. The van der Waals surface area contributed by atoms with Crippen molar-refractivity contribution < 1.29 is 4.74 Å². The Labute approximate surface area is 134 Å². The van der Waals surface area contributed by atoms with Crippen LogP contribution in [0.2, 0.25) is 0 Å². The predicted octanol–water partition coefficient (Wildman–Crippen LogP) is 4.78. The molecular weight excluding hydrogens is 300 g/mol. The summed E-state index contributed by atoms with van der Waals surface area (Å²) in [5.41, 5.74) is 2.32. The Hall–Kier alpha value is -0.780. The topological polar surface area (TPSA) is 34.2 Å². The molecule has 1 saturated heterocycles. The number of fused-ring (bicyclic) bond motifs is 1. The van der Waals surface area contributed by atoms with Crippen LogP contribution < -0.4 is 5.32 Å². The van der Waals surface area contributed by atoms with Gasteiger partial charge >= 0.3 is 0 Å². The van der Waals surface area contributed by atoms with Gasteiger partial charge in [-0.2, -0.15) is 0 Å². The van der Waals surface area contributed by atoms with Crippen LogP contribution in [0.25, 0.3) is 10.2 Å². The Kier molecular flexibility index (Phi) is 4.43. The maximum absolute atomic E-state index is 5.92. The molecule has 1 fully saturated rings. The van der Waals surface area contributed by atoms with Crippen molar-refractivity contribution in [1.82, 2.24) is 4.98 Å². The highest BCUT2D eigenvalue weighted by atomic mass is 32.2. The van der Waals surface area contributed by atoms with Crippen LogP contribution in [0.15, 0.2) is 22.5 Å². The molecule has 0 saturated carbocycles. The van der Waals surface area contributed by atoms with Gasteiger partial charge in [0.1, 0.15) is 0 Å². The standard InChI is InChI=1S/C16H22N2OS2/c1-4-16(2)10-12(7-8-19-16)17-11-5-6-13-14(9-11)21-15(18-13)20-3/h5-6,9,12,17H,4,7-8,10H2,1-3H3. The Morgan fingerprint density at radius 2 is 2.38 bits per heavy atom. The molecule has 1 aromatic heterocycles. The molecule has 21 heavy (non-hydrogen) atoms. The van der Waals surface area contributed by atoms with Crippen molar-refractivity contribution in [2.75, 3.05) is 18.2 Å². The van der Waals surface area contributed by atoms with Crippen LogP contribution >= 0.6 is 23.1 Å². The minimum absolute atomic E-state index is 0.0243. The predicted molar refractivity (Wildman–Crippen MR) is 92.7 cm³/mol. The van der Waals surface area contributed by atoms with Crippen molar-refractivity contribution in [3.8, 4) is 0 Å². The SMILES string of the molecule is CCC1(C)CC(Nc2ccc3nc(SC)sc3c2)CCO1. The van der Waals surface area contributed by atoms with Gasteiger partial charge in [-0.25, -0.2) is 4.98 Å². The Balaban J connectivity index is 1.75. The molecule has 0 radical (unpaired) electrons.